The van der Waals surface area contributed by atoms with Crippen LogP contribution in [-0.2, 0) is 15.9 Å². The Balaban J connectivity index is 1.64. The third-order valence-electron chi connectivity index (χ3n) is 4.12. The molecule has 1 fully saturated rings. The van der Waals surface area contributed by atoms with E-state index in [2.05, 4.69) is 48.5 Å². The summed E-state index contributed by atoms with van der Waals surface area (Å²) in [7, 11) is 0. The molecule has 0 spiro atoms. The van der Waals surface area contributed by atoms with Gasteiger partial charge >= 0.3 is 0 Å². The quantitative estimate of drug-likeness (QED) is 0.379. The Hall–Kier alpha value is -1.11. The van der Waals surface area contributed by atoms with Crippen molar-refractivity contribution in [3.05, 3.63) is 21.9 Å². The van der Waals surface area contributed by atoms with Crippen molar-refractivity contribution in [2.45, 2.75) is 46.1 Å². The van der Waals surface area contributed by atoms with Gasteiger partial charge < -0.3 is 20.1 Å². The van der Waals surface area contributed by atoms with Crippen molar-refractivity contribution in [2.24, 2.45) is 10.9 Å². The van der Waals surface area contributed by atoms with Crippen molar-refractivity contribution >= 4 is 17.3 Å². The highest BCUT2D eigenvalue weighted by molar-refractivity contribution is 7.11. The Morgan fingerprint density at radius 1 is 1.48 bits per heavy atom. The number of hydrogen-bond acceptors (Lipinski definition) is 4. The zero-order valence-corrected chi connectivity index (χ0v) is 16.7. The normalized spacial score (nSPS) is 19.2. The maximum atomic E-state index is 5.73. The molecular weight excluding hydrogens is 334 g/mol. The standard InChI is InChI=1S/C19H33N3O2S/c1-4-20-19(22-15(2)12-18-7-6-16(3)25-18)21-9-5-10-23-13-17-8-11-24-14-17/h6-7,15,17H,4-5,8-14H2,1-3H3,(H2,20,21,22). The molecule has 142 valence electrons. The van der Waals surface area contributed by atoms with Crippen LogP contribution >= 0.6 is 11.3 Å². The number of nitrogens with one attached hydrogen (secondary N) is 2. The summed E-state index contributed by atoms with van der Waals surface area (Å²) in [6.45, 7) is 11.4. The highest BCUT2D eigenvalue weighted by Crippen LogP contribution is 2.16. The van der Waals surface area contributed by atoms with E-state index in [1.165, 1.54) is 9.75 Å². The Morgan fingerprint density at radius 2 is 2.36 bits per heavy atom. The molecule has 25 heavy (non-hydrogen) atoms. The maximum absolute atomic E-state index is 5.73. The number of aliphatic imine (C=N–C) groups is 1. The smallest absolute Gasteiger partial charge is 0.191 e. The predicted octanol–water partition coefficient (Wildman–Crippen LogP) is 2.99. The van der Waals surface area contributed by atoms with Crippen LogP contribution in [0.5, 0.6) is 0 Å². The number of rotatable bonds is 10. The van der Waals surface area contributed by atoms with Gasteiger partial charge in [0, 0.05) is 54.4 Å². The van der Waals surface area contributed by atoms with Gasteiger partial charge in [-0.2, -0.15) is 0 Å². The van der Waals surface area contributed by atoms with Crippen LogP contribution in [0.4, 0.5) is 0 Å². The molecule has 0 bridgehead atoms. The Labute approximate surface area is 156 Å². The second-order valence-corrected chi connectivity index (χ2v) is 8.05. The summed E-state index contributed by atoms with van der Waals surface area (Å²) in [5, 5.41) is 6.82. The molecule has 5 nitrogen and oxygen atoms in total. The predicted molar refractivity (Wildman–Crippen MR) is 106 cm³/mol. The van der Waals surface area contributed by atoms with Crippen LogP contribution in [0.3, 0.4) is 0 Å². The fraction of sp³-hybridized carbons (Fsp3) is 0.737. The molecule has 0 radical (unpaired) electrons. The molecule has 1 aliphatic rings. The van der Waals surface area contributed by atoms with Crippen LogP contribution < -0.4 is 10.6 Å². The van der Waals surface area contributed by atoms with Gasteiger partial charge in [-0.1, -0.05) is 0 Å². The lowest BCUT2D eigenvalue weighted by atomic mass is 10.1. The number of hydrogen-bond donors (Lipinski definition) is 2. The van der Waals surface area contributed by atoms with Crippen LogP contribution in [0.15, 0.2) is 17.1 Å². The van der Waals surface area contributed by atoms with E-state index in [0.717, 1.165) is 64.7 Å². The molecular formula is C19H33N3O2S. The fourth-order valence-electron chi connectivity index (χ4n) is 2.82. The highest BCUT2D eigenvalue weighted by atomic mass is 32.1. The van der Waals surface area contributed by atoms with Gasteiger partial charge in [0.1, 0.15) is 0 Å². The largest absolute Gasteiger partial charge is 0.381 e. The van der Waals surface area contributed by atoms with Crippen molar-refractivity contribution in [1.29, 1.82) is 0 Å². The first-order chi connectivity index (χ1) is 12.2. The van der Waals surface area contributed by atoms with E-state index >= 15 is 0 Å². The van der Waals surface area contributed by atoms with Crippen molar-refractivity contribution in [3.63, 3.8) is 0 Å². The average Bonchev–Trinajstić information content (AvgIpc) is 3.22. The Bertz CT molecular complexity index is 513. The highest BCUT2D eigenvalue weighted by Gasteiger charge is 2.15. The number of ether oxygens (including phenoxy) is 2. The number of nitrogens with zero attached hydrogens (tertiary/aromatic N) is 1. The third-order valence-corrected chi connectivity index (χ3v) is 5.15. The van der Waals surface area contributed by atoms with E-state index < -0.39 is 0 Å². The Kier molecular flexibility index (Phi) is 9.29. The van der Waals surface area contributed by atoms with E-state index in [0.29, 0.717) is 12.0 Å². The summed E-state index contributed by atoms with van der Waals surface area (Å²) < 4.78 is 11.1. The Morgan fingerprint density at radius 3 is 3.04 bits per heavy atom. The molecule has 6 heteroatoms. The van der Waals surface area contributed by atoms with Crippen molar-refractivity contribution in [2.75, 3.05) is 39.5 Å². The van der Waals surface area contributed by atoms with Gasteiger partial charge in [-0.15, -0.1) is 11.3 Å². The van der Waals surface area contributed by atoms with Gasteiger partial charge in [-0.25, -0.2) is 0 Å². The van der Waals surface area contributed by atoms with E-state index in [1.807, 2.05) is 11.3 Å². The monoisotopic (exact) mass is 367 g/mol. The summed E-state index contributed by atoms with van der Waals surface area (Å²) >= 11 is 1.87. The van der Waals surface area contributed by atoms with Gasteiger partial charge in [-0.05, 0) is 45.7 Å². The van der Waals surface area contributed by atoms with Crippen LogP contribution in [0.1, 0.15) is 36.4 Å². The third kappa shape index (κ3) is 8.21. The van der Waals surface area contributed by atoms with Gasteiger partial charge in [0.2, 0.25) is 0 Å². The SMILES string of the molecule is CCNC(=NCCCOCC1CCOC1)NC(C)Cc1ccc(C)s1. The summed E-state index contributed by atoms with van der Waals surface area (Å²) in [5.41, 5.74) is 0. The molecule has 0 saturated carbocycles. The number of guanidine groups is 1. The van der Waals surface area contributed by atoms with E-state index in [9.17, 15) is 0 Å². The molecule has 1 aromatic rings. The van der Waals surface area contributed by atoms with Gasteiger partial charge in [0.25, 0.3) is 0 Å². The van der Waals surface area contributed by atoms with Gasteiger partial charge in [0.15, 0.2) is 5.96 Å². The minimum atomic E-state index is 0.356. The molecule has 2 N–H and O–H groups in total. The van der Waals surface area contributed by atoms with E-state index in [1.54, 1.807) is 0 Å². The second kappa shape index (κ2) is 11.5. The minimum absolute atomic E-state index is 0.356. The second-order valence-electron chi connectivity index (χ2n) is 6.68. The lowest BCUT2D eigenvalue weighted by Crippen LogP contribution is -2.43. The fourth-order valence-corrected chi connectivity index (χ4v) is 3.84. The van der Waals surface area contributed by atoms with Crippen LogP contribution in [0.2, 0.25) is 0 Å². The minimum Gasteiger partial charge on any atom is -0.381 e. The summed E-state index contributed by atoms with van der Waals surface area (Å²) in [6, 6.07) is 4.76. The molecule has 1 aromatic heterocycles. The van der Waals surface area contributed by atoms with Crippen molar-refractivity contribution in [3.8, 4) is 0 Å². The molecule has 0 aromatic carbocycles. The zero-order chi connectivity index (χ0) is 17.9. The number of thiophene rings is 1. The topological polar surface area (TPSA) is 54.9 Å². The lowest BCUT2D eigenvalue weighted by Gasteiger charge is -2.17. The van der Waals surface area contributed by atoms with Gasteiger partial charge in [-0.3, -0.25) is 4.99 Å². The molecule has 2 heterocycles. The zero-order valence-electron chi connectivity index (χ0n) is 15.8. The molecule has 0 amide bonds. The maximum Gasteiger partial charge on any atom is 0.191 e. The molecule has 2 unspecified atom stereocenters. The van der Waals surface area contributed by atoms with E-state index in [4.69, 9.17) is 9.47 Å². The van der Waals surface area contributed by atoms with E-state index in [-0.39, 0.29) is 0 Å². The van der Waals surface area contributed by atoms with Crippen molar-refractivity contribution < 1.29 is 9.47 Å². The lowest BCUT2D eigenvalue weighted by molar-refractivity contribution is 0.0893. The summed E-state index contributed by atoms with van der Waals surface area (Å²) in [5.74, 6) is 1.48. The molecule has 2 rings (SSSR count). The average molecular weight is 368 g/mol. The summed E-state index contributed by atoms with van der Waals surface area (Å²) in [6.07, 6.45) is 3.10. The first kappa shape index (κ1) is 20.2. The first-order valence-electron chi connectivity index (χ1n) is 9.43. The van der Waals surface area contributed by atoms with Crippen molar-refractivity contribution in [1.82, 2.24) is 10.6 Å². The molecule has 1 aliphatic heterocycles. The number of aryl methyl sites for hydroxylation is 1. The molecule has 2 atom stereocenters. The van der Waals surface area contributed by atoms with Crippen LogP contribution in [-0.4, -0.2) is 51.5 Å². The van der Waals surface area contributed by atoms with Crippen LogP contribution in [0, 0.1) is 12.8 Å². The molecule has 0 aliphatic carbocycles. The van der Waals surface area contributed by atoms with Gasteiger partial charge in [0.05, 0.1) is 13.2 Å². The van der Waals surface area contributed by atoms with Crippen LogP contribution in [0.25, 0.3) is 0 Å². The summed E-state index contributed by atoms with van der Waals surface area (Å²) in [4.78, 5) is 7.44. The molecule has 1 saturated heterocycles. The first-order valence-corrected chi connectivity index (χ1v) is 10.2.